The van der Waals surface area contributed by atoms with Crippen molar-refractivity contribution in [2.75, 3.05) is 24.0 Å². The molecular weight excluding hydrogens is 258 g/mol. The third-order valence-corrected chi connectivity index (χ3v) is 3.76. The lowest BCUT2D eigenvalue weighted by atomic mass is 10.1. The number of carboxylic acid groups (broad SMARTS) is 1. The van der Waals surface area contributed by atoms with Gasteiger partial charge in [-0.3, -0.25) is 0 Å². The van der Waals surface area contributed by atoms with Gasteiger partial charge in [0.2, 0.25) is 0 Å². The molecular formula is C15H21NO2S. The van der Waals surface area contributed by atoms with Gasteiger partial charge in [-0.15, -0.1) is 0 Å². The summed E-state index contributed by atoms with van der Waals surface area (Å²) in [7, 11) is 2.09. The van der Waals surface area contributed by atoms with E-state index in [0.29, 0.717) is 6.04 Å². The highest BCUT2D eigenvalue weighted by atomic mass is 32.2. The first-order chi connectivity index (χ1) is 9.04. The normalized spacial score (nSPS) is 12.6. The minimum Gasteiger partial charge on any atom is -0.478 e. The number of thioether (sulfide) groups is 1. The van der Waals surface area contributed by atoms with Gasteiger partial charge in [0.15, 0.2) is 0 Å². The zero-order valence-corrected chi connectivity index (χ0v) is 12.5. The number of aliphatic carboxylic acids is 1. The summed E-state index contributed by atoms with van der Waals surface area (Å²) in [5, 5.41) is 8.58. The van der Waals surface area contributed by atoms with E-state index in [9.17, 15) is 4.79 Å². The van der Waals surface area contributed by atoms with E-state index < -0.39 is 5.97 Å². The smallest absolute Gasteiger partial charge is 0.328 e. The molecule has 4 heteroatoms. The maximum absolute atomic E-state index is 10.4. The van der Waals surface area contributed by atoms with Crippen LogP contribution in [0.5, 0.6) is 0 Å². The molecule has 104 valence electrons. The van der Waals surface area contributed by atoms with E-state index in [1.165, 1.54) is 0 Å². The molecule has 0 bridgehead atoms. The van der Waals surface area contributed by atoms with Gasteiger partial charge in [-0.25, -0.2) is 4.79 Å². The largest absolute Gasteiger partial charge is 0.478 e. The van der Waals surface area contributed by atoms with Crippen molar-refractivity contribution in [2.45, 2.75) is 19.4 Å². The molecule has 0 radical (unpaired) electrons. The maximum atomic E-state index is 10.4. The summed E-state index contributed by atoms with van der Waals surface area (Å²) in [5.74, 6) is 0.233. The first-order valence-electron chi connectivity index (χ1n) is 6.27. The van der Waals surface area contributed by atoms with Gasteiger partial charge in [-0.2, -0.15) is 11.8 Å². The van der Waals surface area contributed by atoms with Crippen LogP contribution in [0.4, 0.5) is 5.69 Å². The Labute approximate surface area is 119 Å². The summed E-state index contributed by atoms with van der Waals surface area (Å²) in [6.45, 7) is 2.22. The van der Waals surface area contributed by atoms with Crippen LogP contribution in [0.15, 0.2) is 30.3 Å². The summed E-state index contributed by atoms with van der Waals surface area (Å²) >= 11 is 1.86. The molecule has 1 unspecified atom stereocenters. The second kappa shape index (κ2) is 7.89. The van der Waals surface area contributed by atoms with Crippen molar-refractivity contribution < 1.29 is 9.90 Å². The molecule has 1 aromatic rings. The van der Waals surface area contributed by atoms with Gasteiger partial charge < -0.3 is 10.0 Å². The molecule has 0 aliphatic carbocycles. The fourth-order valence-electron chi connectivity index (χ4n) is 1.72. The Morgan fingerprint density at radius 1 is 1.42 bits per heavy atom. The van der Waals surface area contributed by atoms with E-state index in [-0.39, 0.29) is 0 Å². The number of carboxylic acids is 1. The molecule has 0 aromatic heterocycles. The second-order valence-corrected chi connectivity index (χ2v) is 5.49. The first-order valence-corrected chi connectivity index (χ1v) is 7.67. The molecule has 3 nitrogen and oxygen atoms in total. The van der Waals surface area contributed by atoms with E-state index in [1.54, 1.807) is 6.08 Å². The zero-order chi connectivity index (χ0) is 14.3. The topological polar surface area (TPSA) is 40.5 Å². The molecule has 1 rings (SSSR count). The Kier molecular flexibility index (Phi) is 6.50. The Morgan fingerprint density at radius 2 is 2.05 bits per heavy atom. The van der Waals surface area contributed by atoms with Crippen LogP contribution in [0.3, 0.4) is 0 Å². The third-order valence-electron chi connectivity index (χ3n) is 3.12. The van der Waals surface area contributed by atoms with Gasteiger partial charge >= 0.3 is 5.97 Å². The average Bonchev–Trinajstić information content (AvgIpc) is 2.42. The predicted octanol–water partition coefficient (Wildman–Crippen LogP) is 3.36. The van der Waals surface area contributed by atoms with Crippen LogP contribution in [-0.4, -0.2) is 36.2 Å². The Bertz CT molecular complexity index is 428. The summed E-state index contributed by atoms with van der Waals surface area (Å²) in [6.07, 6.45) is 6.03. The SMILES string of the molecule is CSCCC(C)N(C)c1ccc(/C=C/C(=O)O)cc1. The fourth-order valence-corrected chi connectivity index (χ4v) is 2.30. The van der Waals surface area contributed by atoms with Gasteiger partial charge in [0, 0.05) is 24.9 Å². The highest BCUT2D eigenvalue weighted by molar-refractivity contribution is 7.98. The van der Waals surface area contributed by atoms with Crippen molar-refractivity contribution >= 4 is 29.5 Å². The van der Waals surface area contributed by atoms with Gasteiger partial charge in [0.25, 0.3) is 0 Å². The highest BCUT2D eigenvalue weighted by Crippen LogP contribution is 2.18. The molecule has 1 aromatic carbocycles. The molecule has 0 fully saturated rings. The number of hydrogen-bond acceptors (Lipinski definition) is 3. The number of rotatable bonds is 7. The van der Waals surface area contributed by atoms with E-state index in [2.05, 4.69) is 25.1 Å². The van der Waals surface area contributed by atoms with Crippen molar-refractivity contribution in [3.8, 4) is 0 Å². The predicted molar refractivity (Wildman–Crippen MR) is 84.0 cm³/mol. The van der Waals surface area contributed by atoms with Crippen molar-refractivity contribution in [1.29, 1.82) is 0 Å². The molecule has 0 aliphatic rings. The maximum Gasteiger partial charge on any atom is 0.328 e. The van der Waals surface area contributed by atoms with Crippen molar-refractivity contribution in [3.63, 3.8) is 0 Å². The van der Waals surface area contributed by atoms with Crippen LogP contribution in [-0.2, 0) is 4.79 Å². The Balaban J connectivity index is 2.67. The number of anilines is 1. The van der Waals surface area contributed by atoms with Crippen molar-refractivity contribution in [3.05, 3.63) is 35.9 Å². The number of carbonyl (C=O) groups is 1. The molecule has 0 saturated heterocycles. The minimum atomic E-state index is -0.924. The summed E-state index contributed by atoms with van der Waals surface area (Å²) in [6, 6.07) is 8.42. The van der Waals surface area contributed by atoms with Gasteiger partial charge in [-0.1, -0.05) is 12.1 Å². The molecule has 0 saturated carbocycles. The van der Waals surface area contributed by atoms with Gasteiger partial charge in [-0.05, 0) is 49.1 Å². The van der Waals surface area contributed by atoms with E-state index in [1.807, 2.05) is 36.0 Å². The van der Waals surface area contributed by atoms with Crippen LogP contribution >= 0.6 is 11.8 Å². The summed E-state index contributed by atoms with van der Waals surface area (Å²) in [4.78, 5) is 12.7. The first kappa shape index (κ1) is 15.6. The molecule has 0 heterocycles. The lowest BCUT2D eigenvalue weighted by Gasteiger charge is -2.27. The van der Waals surface area contributed by atoms with E-state index in [0.717, 1.165) is 29.5 Å². The van der Waals surface area contributed by atoms with Crippen LogP contribution in [0, 0.1) is 0 Å². The quantitative estimate of drug-likeness (QED) is 0.777. The van der Waals surface area contributed by atoms with Crippen LogP contribution in [0.1, 0.15) is 18.9 Å². The standard InChI is InChI=1S/C15H21NO2S/c1-12(10-11-19-3)16(2)14-7-4-13(5-8-14)6-9-15(17)18/h4-9,12H,10-11H2,1-3H3,(H,17,18)/b9-6+. The van der Waals surface area contributed by atoms with Crippen LogP contribution in [0.25, 0.3) is 6.08 Å². The molecule has 0 amide bonds. The van der Waals surface area contributed by atoms with Crippen molar-refractivity contribution in [2.24, 2.45) is 0 Å². The molecule has 1 N–H and O–H groups in total. The van der Waals surface area contributed by atoms with Crippen LogP contribution in [0.2, 0.25) is 0 Å². The van der Waals surface area contributed by atoms with E-state index >= 15 is 0 Å². The third kappa shape index (κ3) is 5.39. The number of benzene rings is 1. The molecule has 1 atom stereocenters. The highest BCUT2D eigenvalue weighted by Gasteiger charge is 2.09. The minimum absolute atomic E-state index is 0.493. The molecule has 19 heavy (non-hydrogen) atoms. The monoisotopic (exact) mass is 279 g/mol. The number of hydrogen-bond donors (Lipinski definition) is 1. The van der Waals surface area contributed by atoms with E-state index in [4.69, 9.17) is 5.11 Å². The van der Waals surface area contributed by atoms with Crippen molar-refractivity contribution in [1.82, 2.24) is 0 Å². The lowest BCUT2D eigenvalue weighted by Crippen LogP contribution is -2.29. The fraction of sp³-hybridized carbons (Fsp3) is 0.400. The summed E-state index contributed by atoms with van der Waals surface area (Å²) in [5.41, 5.74) is 2.05. The number of nitrogens with zero attached hydrogens (tertiary/aromatic N) is 1. The second-order valence-electron chi connectivity index (χ2n) is 4.50. The van der Waals surface area contributed by atoms with Gasteiger partial charge in [0.05, 0.1) is 0 Å². The summed E-state index contributed by atoms with van der Waals surface area (Å²) < 4.78 is 0. The lowest BCUT2D eigenvalue weighted by molar-refractivity contribution is -0.131. The zero-order valence-electron chi connectivity index (χ0n) is 11.7. The van der Waals surface area contributed by atoms with Crippen LogP contribution < -0.4 is 4.90 Å². The Morgan fingerprint density at radius 3 is 2.58 bits per heavy atom. The Hall–Kier alpha value is -1.42. The molecule has 0 aliphatic heterocycles. The molecule has 0 spiro atoms. The average molecular weight is 279 g/mol. The van der Waals surface area contributed by atoms with Gasteiger partial charge in [0.1, 0.15) is 0 Å².